The summed E-state index contributed by atoms with van der Waals surface area (Å²) in [5.41, 5.74) is 0. The molecule has 0 aliphatic carbocycles. The largest absolute Gasteiger partial charge is 0.466 e. The first-order chi connectivity index (χ1) is 7.83. The van der Waals surface area contributed by atoms with Crippen molar-refractivity contribution < 1.29 is 14.3 Å². The highest BCUT2D eigenvalue weighted by molar-refractivity contribution is 5.69. The van der Waals surface area contributed by atoms with Crippen LogP contribution in [0.1, 0.15) is 58.3 Å². The lowest BCUT2D eigenvalue weighted by Gasteiger charge is -2.09. The zero-order valence-electron chi connectivity index (χ0n) is 10.4. The third-order valence-corrected chi connectivity index (χ3v) is 2.94. The maximum absolute atomic E-state index is 11.3. The van der Waals surface area contributed by atoms with Crippen molar-refractivity contribution in [2.75, 3.05) is 13.2 Å². The second-order valence-corrected chi connectivity index (χ2v) is 4.45. The van der Waals surface area contributed by atoms with Gasteiger partial charge in [0.15, 0.2) is 0 Å². The smallest absolute Gasteiger partial charge is 0.305 e. The van der Waals surface area contributed by atoms with Gasteiger partial charge in [0.25, 0.3) is 0 Å². The molecule has 1 heterocycles. The van der Waals surface area contributed by atoms with E-state index in [1.165, 1.54) is 12.8 Å². The first kappa shape index (κ1) is 13.5. The molecule has 3 nitrogen and oxygen atoms in total. The van der Waals surface area contributed by atoms with Gasteiger partial charge in [-0.1, -0.05) is 19.8 Å². The van der Waals surface area contributed by atoms with E-state index in [2.05, 4.69) is 6.92 Å². The van der Waals surface area contributed by atoms with Crippen LogP contribution in [0.4, 0.5) is 0 Å². The van der Waals surface area contributed by atoms with Crippen molar-refractivity contribution in [2.45, 2.75) is 64.4 Å². The molecule has 0 saturated carbocycles. The highest BCUT2D eigenvalue weighted by atomic mass is 16.5. The molecule has 0 aromatic carbocycles. The van der Waals surface area contributed by atoms with E-state index in [1.807, 2.05) is 0 Å². The quantitative estimate of drug-likeness (QED) is 0.473. The van der Waals surface area contributed by atoms with Crippen molar-refractivity contribution in [2.24, 2.45) is 0 Å². The van der Waals surface area contributed by atoms with Gasteiger partial charge in [0.2, 0.25) is 0 Å². The topological polar surface area (TPSA) is 35.5 Å². The summed E-state index contributed by atoms with van der Waals surface area (Å²) < 4.78 is 10.7. The molecule has 1 aliphatic heterocycles. The van der Waals surface area contributed by atoms with E-state index in [1.54, 1.807) is 0 Å². The van der Waals surface area contributed by atoms with Gasteiger partial charge >= 0.3 is 5.97 Å². The van der Waals surface area contributed by atoms with Crippen molar-refractivity contribution in [1.29, 1.82) is 0 Å². The van der Waals surface area contributed by atoms with Crippen molar-refractivity contribution in [3.05, 3.63) is 0 Å². The van der Waals surface area contributed by atoms with Crippen LogP contribution < -0.4 is 0 Å². The minimum Gasteiger partial charge on any atom is -0.466 e. The van der Waals surface area contributed by atoms with Crippen molar-refractivity contribution in [1.82, 2.24) is 0 Å². The van der Waals surface area contributed by atoms with Crippen LogP contribution in [0.5, 0.6) is 0 Å². The summed E-state index contributed by atoms with van der Waals surface area (Å²) in [6, 6.07) is 0. The SMILES string of the molecule is CCCCCC(=O)OCCC[C@@H]1CCCO1. The van der Waals surface area contributed by atoms with Crippen LogP contribution in [0.25, 0.3) is 0 Å². The molecule has 0 aromatic rings. The molecule has 94 valence electrons. The molecular weight excluding hydrogens is 204 g/mol. The Hall–Kier alpha value is -0.570. The Morgan fingerprint density at radius 1 is 1.38 bits per heavy atom. The summed E-state index contributed by atoms with van der Waals surface area (Å²) in [6.07, 6.45) is 8.53. The van der Waals surface area contributed by atoms with Crippen molar-refractivity contribution in [3.8, 4) is 0 Å². The lowest BCUT2D eigenvalue weighted by atomic mass is 10.1. The molecular formula is C13H24O3. The Morgan fingerprint density at radius 2 is 2.25 bits per heavy atom. The predicted octanol–water partition coefficient (Wildman–Crippen LogP) is 3.07. The second-order valence-electron chi connectivity index (χ2n) is 4.45. The van der Waals surface area contributed by atoms with E-state index in [4.69, 9.17) is 9.47 Å². The van der Waals surface area contributed by atoms with E-state index < -0.39 is 0 Å². The van der Waals surface area contributed by atoms with E-state index in [-0.39, 0.29) is 5.97 Å². The summed E-state index contributed by atoms with van der Waals surface area (Å²) >= 11 is 0. The molecule has 0 bridgehead atoms. The molecule has 1 atom stereocenters. The zero-order chi connectivity index (χ0) is 11.6. The van der Waals surface area contributed by atoms with Crippen LogP contribution in [-0.2, 0) is 14.3 Å². The summed E-state index contributed by atoms with van der Waals surface area (Å²) in [4.78, 5) is 11.3. The van der Waals surface area contributed by atoms with Gasteiger partial charge in [0.05, 0.1) is 12.7 Å². The second kappa shape index (κ2) is 8.57. The van der Waals surface area contributed by atoms with Crippen LogP contribution >= 0.6 is 0 Å². The molecule has 0 radical (unpaired) electrons. The fourth-order valence-corrected chi connectivity index (χ4v) is 1.96. The standard InChI is InChI=1S/C13H24O3/c1-2-3-4-9-13(14)16-11-6-8-12-7-5-10-15-12/h12H,2-11H2,1H3/t12-/m0/s1. The number of carbonyl (C=O) groups is 1. The molecule has 0 amide bonds. The van der Waals surface area contributed by atoms with Gasteiger partial charge < -0.3 is 9.47 Å². The molecule has 1 fully saturated rings. The molecule has 3 heteroatoms. The van der Waals surface area contributed by atoms with Crippen molar-refractivity contribution >= 4 is 5.97 Å². The average molecular weight is 228 g/mol. The van der Waals surface area contributed by atoms with E-state index in [9.17, 15) is 4.79 Å². The molecule has 1 saturated heterocycles. The van der Waals surface area contributed by atoms with Crippen LogP contribution in [0, 0.1) is 0 Å². The third-order valence-electron chi connectivity index (χ3n) is 2.94. The van der Waals surface area contributed by atoms with Gasteiger partial charge in [-0.3, -0.25) is 4.79 Å². The Bertz CT molecular complexity index is 186. The number of rotatable bonds is 8. The maximum atomic E-state index is 11.3. The fourth-order valence-electron chi connectivity index (χ4n) is 1.96. The molecule has 1 rings (SSSR count). The Balaban J connectivity index is 1.87. The molecule has 0 N–H and O–H groups in total. The number of unbranched alkanes of at least 4 members (excludes halogenated alkanes) is 2. The van der Waals surface area contributed by atoms with Crippen LogP contribution in [0.2, 0.25) is 0 Å². The maximum Gasteiger partial charge on any atom is 0.305 e. The Kier molecular flexibility index (Phi) is 7.23. The monoisotopic (exact) mass is 228 g/mol. The zero-order valence-corrected chi connectivity index (χ0v) is 10.4. The number of ether oxygens (including phenoxy) is 2. The summed E-state index contributed by atoms with van der Waals surface area (Å²) in [5, 5.41) is 0. The molecule has 0 spiro atoms. The third kappa shape index (κ3) is 6.11. The number of hydrogen-bond donors (Lipinski definition) is 0. The lowest BCUT2D eigenvalue weighted by molar-refractivity contribution is -0.144. The number of carbonyl (C=O) groups excluding carboxylic acids is 1. The van der Waals surface area contributed by atoms with Gasteiger partial charge in [0, 0.05) is 13.0 Å². The normalized spacial score (nSPS) is 19.9. The van der Waals surface area contributed by atoms with Gasteiger partial charge in [-0.25, -0.2) is 0 Å². The van der Waals surface area contributed by atoms with E-state index >= 15 is 0 Å². The predicted molar refractivity (Wildman–Crippen MR) is 63.3 cm³/mol. The average Bonchev–Trinajstić information content (AvgIpc) is 2.78. The molecule has 1 aliphatic rings. The van der Waals surface area contributed by atoms with Crippen LogP contribution in [0.15, 0.2) is 0 Å². The first-order valence-electron chi connectivity index (χ1n) is 6.60. The van der Waals surface area contributed by atoms with Gasteiger partial charge in [0.1, 0.15) is 0 Å². The van der Waals surface area contributed by atoms with Gasteiger partial charge in [-0.15, -0.1) is 0 Å². The Labute approximate surface area is 98.5 Å². The minimum atomic E-state index is -0.0409. The first-order valence-corrected chi connectivity index (χ1v) is 6.60. The van der Waals surface area contributed by atoms with Gasteiger partial charge in [-0.2, -0.15) is 0 Å². The lowest BCUT2D eigenvalue weighted by Crippen LogP contribution is -2.09. The van der Waals surface area contributed by atoms with E-state index in [0.29, 0.717) is 19.1 Å². The molecule has 0 aromatic heterocycles. The van der Waals surface area contributed by atoms with Crippen molar-refractivity contribution in [3.63, 3.8) is 0 Å². The molecule has 0 unspecified atom stereocenters. The number of hydrogen-bond acceptors (Lipinski definition) is 3. The Morgan fingerprint density at radius 3 is 2.94 bits per heavy atom. The summed E-state index contributed by atoms with van der Waals surface area (Å²) in [7, 11) is 0. The number of esters is 1. The minimum absolute atomic E-state index is 0.0409. The summed E-state index contributed by atoms with van der Waals surface area (Å²) in [6.45, 7) is 3.60. The fraction of sp³-hybridized carbons (Fsp3) is 0.923. The van der Waals surface area contributed by atoms with Crippen LogP contribution in [0.3, 0.4) is 0 Å². The highest BCUT2D eigenvalue weighted by Gasteiger charge is 2.14. The van der Waals surface area contributed by atoms with E-state index in [0.717, 1.165) is 38.7 Å². The molecule has 16 heavy (non-hydrogen) atoms. The van der Waals surface area contributed by atoms with Gasteiger partial charge in [-0.05, 0) is 32.1 Å². The summed E-state index contributed by atoms with van der Waals surface area (Å²) in [5.74, 6) is -0.0409. The van der Waals surface area contributed by atoms with Crippen LogP contribution in [-0.4, -0.2) is 25.3 Å². The highest BCUT2D eigenvalue weighted by Crippen LogP contribution is 2.16.